The van der Waals surface area contributed by atoms with E-state index in [9.17, 15) is 13.2 Å². The molecule has 1 amide bonds. The molecule has 3 aromatic rings. The zero-order chi connectivity index (χ0) is 24.3. The first kappa shape index (κ1) is 23.4. The van der Waals surface area contributed by atoms with E-state index in [-0.39, 0.29) is 10.8 Å². The van der Waals surface area contributed by atoms with Crippen molar-refractivity contribution in [1.29, 1.82) is 0 Å². The Morgan fingerprint density at radius 1 is 0.853 bits per heavy atom. The van der Waals surface area contributed by atoms with Crippen LogP contribution in [0.4, 0.5) is 11.4 Å². The Hall–Kier alpha value is -3.72. The maximum atomic E-state index is 13.4. The van der Waals surface area contributed by atoms with Gasteiger partial charge in [0.2, 0.25) is 0 Å². The van der Waals surface area contributed by atoms with Crippen LogP contribution in [0.15, 0.2) is 65.6 Å². The Morgan fingerprint density at radius 2 is 1.50 bits per heavy atom. The summed E-state index contributed by atoms with van der Waals surface area (Å²) in [5.74, 6) is 1.20. The van der Waals surface area contributed by atoms with Crippen LogP contribution < -0.4 is 23.8 Å². The van der Waals surface area contributed by atoms with Gasteiger partial charge in [0, 0.05) is 23.9 Å². The number of fused-ring (bicyclic) bond motifs is 1. The highest BCUT2D eigenvalue weighted by atomic mass is 32.2. The first-order chi connectivity index (χ1) is 16.3. The van der Waals surface area contributed by atoms with Crippen LogP contribution in [0.25, 0.3) is 0 Å². The Bertz CT molecular complexity index is 1280. The lowest BCUT2D eigenvalue weighted by molar-refractivity contribution is 0.102. The molecule has 0 unspecified atom stereocenters. The molecule has 178 valence electrons. The number of nitrogens with zero attached hydrogens (tertiary/aromatic N) is 1. The third-order valence-corrected chi connectivity index (χ3v) is 7.51. The molecule has 0 spiro atoms. The van der Waals surface area contributed by atoms with E-state index in [4.69, 9.17) is 14.2 Å². The Morgan fingerprint density at radius 3 is 2.12 bits per heavy atom. The number of methoxy groups -OCH3 is 3. The number of amides is 1. The number of carbonyl (C=O) groups is 1. The topological polar surface area (TPSA) is 94.2 Å². The van der Waals surface area contributed by atoms with Crippen molar-refractivity contribution in [3.8, 4) is 17.2 Å². The molecule has 0 aliphatic carbocycles. The summed E-state index contributed by atoms with van der Waals surface area (Å²) in [7, 11) is 0.769. The molecule has 0 saturated carbocycles. The lowest BCUT2D eigenvalue weighted by atomic mass is 10.0. The highest BCUT2D eigenvalue weighted by molar-refractivity contribution is 7.92. The number of nitrogens with one attached hydrogen (secondary N) is 1. The molecule has 1 aliphatic heterocycles. The molecule has 1 N–H and O–H groups in total. The molecule has 0 radical (unpaired) electrons. The number of carbonyl (C=O) groups excluding carboxylic acids is 1. The second kappa shape index (κ2) is 9.64. The molecule has 0 aromatic heterocycles. The van der Waals surface area contributed by atoms with Crippen LogP contribution in [0.1, 0.15) is 22.3 Å². The van der Waals surface area contributed by atoms with Crippen molar-refractivity contribution in [3.05, 3.63) is 71.8 Å². The Labute approximate surface area is 199 Å². The van der Waals surface area contributed by atoms with Gasteiger partial charge in [0.15, 0.2) is 0 Å². The van der Waals surface area contributed by atoms with Crippen molar-refractivity contribution in [3.63, 3.8) is 0 Å². The molecule has 0 saturated heterocycles. The number of aryl methyl sites for hydroxylation is 1. The van der Waals surface area contributed by atoms with Crippen LogP contribution in [0.2, 0.25) is 0 Å². The summed E-state index contributed by atoms with van der Waals surface area (Å²) in [5.41, 5.74) is 2.31. The van der Waals surface area contributed by atoms with Gasteiger partial charge in [-0.3, -0.25) is 9.10 Å². The fourth-order valence-electron chi connectivity index (χ4n) is 3.89. The molecule has 8 nitrogen and oxygen atoms in total. The molecule has 34 heavy (non-hydrogen) atoms. The minimum absolute atomic E-state index is 0.180. The minimum atomic E-state index is -3.78. The monoisotopic (exact) mass is 482 g/mol. The Kier molecular flexibility index (Phi) is 6.65. The molecule has 1 heterocycles. The predicted octanol–water partition coefficient (Wildman–Crippen LogP) is 4.11. The predicted molar refractivity (Wildman–Crippen MR) is 130 cm³/mol. The van der Waals surface area contributed by atoms with E-state index in [0.29, 0.717) is 47.2 Å². The van der Waals surface area contributed by atoms with E-state index in [1.54, 1.807) is 42.5 Å². The number of hydrogen-bond donors (Lipinski definition) is 1. The van der Waals surface area contributed by atoms with Gasteiger partial charge < -0.3 is 19.5 Å². The second-order valence-electron chi connectivity index (χ2n) is 7.76. The molecule has 0 bridgehead atoms. The van der Waals surface area contributed by atoms with Gasteiger partial charge in [-0.2, -0.15) is 0 Å². The summed E-state index contributed by atoms with van der Waals surface area (Å²) >= 11 is 0. The van der Waals surface area contributed by atoms with Crippen LogP contribution in [0, 0.1) is 0 Å². The van der Waals surface area contributed by atoms with Gasteiger partial charge in [-0.15, -0.1) is 0 Å². The van der Waals surface area contributed by atoms with Gasteiger partial charge >= 0.3 is 0 Å². The zero-order valence-corrected chi connectivity index (χ0v) is 20.0. The Balaban J connectivity index is 1.64. The van der Waals surface area contributed by atoms with Crippen molar-refractivity contribution in [1.82, 2.24) is 0 Å². The first-order valence-electron chi connectivity index (χ1n) is 10.7. The van der Waals surface area contributed by atoms with Gasteiger partial charge in [0.25, 0.3) is 15.9 Å². The van der Waals surface area contributed by atoms with E-state index < -0.39 is 10.0 Å². The van der Waals surface area contributed by atoms with Crippen LogP contribution in [-0.4, -0.2) is 42.2 Å². The number of anilines is 2. The van der Waals surface area contributed by atoms with Gasteiger partial charge in [-0.05, 0) is 66.9 Å². The highest BCUT2D eigenvalue weighted by Crippen LogP contribution is 2.35. The fourth-order valence-corrected chi connectivity index (χ4v) is 5.42. The van der Waals surface area contributed by atoms with Crippen LogP contribution in [0.3, 0.4) is 0 Å². The number of hydrogen-bond acceptors (Lipinski definition) is 6. The standard InChI is InChI=1S/C25H26N2O6S/c1-31-20-8-10-23(11-9-20)34(29,30)27-12-4-5-17-6-7-19(15-24(17)27)26-25(28)18-13-21(32-2)16-22(14-18)33-3/h6-11,13-16H,4-5,12H2,1-3H3,(H,26,28). The van der Waals surface area contributed by atoms with Crippen LogP contribution in [-0.2, 0) is 16.4 Å². The summed E-state index contributed by atoms with van der Waals surface area (Å²) in [4.78, 5) is 13.1. The largest absolute Gasteiger partial charge is 0.497 e. The third kappa shape index (κ3) is 4.65. The van der Waals surface area contributed by atoms with Crippen molar-refractivity contribution in [2.75, 3.05) is 37.5 Å². The van der Waals surface area contributed by atoms with Crippen LogP contribution >= 0.6 is 0 Å². The molecule has 1 aliphatic rings. The molecule has 3 aromatic carbocycles. The van der Waals surface area contributed by atoms with Gasteiger partial charge in [-0.25, -0.2) is 8.42 Å². The zero-order valence-electron chi connectivity index (χ0n) is 19.2. The van der Waals surface area contributed by atoms with E-state index in [2.05, 4.69) is 5.32 Å². The number of rotatable bonds is 7. The fraction of sp³-hybridized carbons (Fsp3) is 0.240. The molecule has 0 atom stereocenters. The summed E-state index contributed by atoms with van der Waals surface area (Å²) in [6.45, 7) is 0.353. The lowest BCUT2D eigenvalue weighted by Gasteiger charge is -2.31. The van der Waals surface area contributed by atoms with Gasteiger partial charge in [0.1, 0.15) is 17.2 Å². The average Bonchev–Trinajstić information content (AvgIpc) is 2.87. The molecular weight excluding hydrogens is 456 g/mol. The number of ether oxygens (including phenoxy) is 3. The molecule has 4 rings (SSSR count). The lowest BCUT2D eigenvalue weighted by Crippen LogP contribution is -2.35. The van der Waals surface area contributed by atoms with E-state index in [1.165, 1.54) is 37.8 Å². The summed E-state index contributed by atoms with van der Waals surface area (Å²) in [5, 5.41) is 2.85. The maximum Gasteiger partial charge on any atom is 0.264 e. The maximum absolute atomic E-state index is 13.4. The van der Waals surface area contributed by atoms with E-state index >= 15 is 0 Å². The van der Waals surface area contributed by atoms with Crippen LogP contribution in [0.5, 0.6) is 17.2 Å². The quantitative estimate of drug-likeness (QED) is 0.545. The number of sulfonamides is 1. The second-order valence-corrected chi connectivity index (χ2v) is 9.62. The third-order valence-electron chi connectivity index (χ3n) is 5.68. The normalized spacial score (nSPS) is 13.1. The van der Waals surface area contributed by atoms with Gasteiger partial charge in [0.05, 0.1) is 31.9 Å². The molecule has 0 fully saturated rings. The summed E-state index contributed by atoms with van der Waals surface area (Å²) in [6.07, 6.45) is 1.46. The summed E-state index contributed by atoms with van der Waals surface area (Å²) in [6, 6.07) is 16.5. The van der Waals surface area contributed by atoms with Crippen molar-refractivity contribution in [2.45, 2.75) is 17.7 Å². The number of benzene rings is 3. The van der Waals surface area contributed by atoms with Crippen molar-refractivity contribution in [2.24, 2.45) is 0 Å². The SMILES string of the molecule is COc1ccc(S(=O)(=O)N2CCCc3ccc(NC(=O)c4cc(OC)cc(OC)c4)cc32)cc1. The van der Waals surface area contributed by atoms with Gasteiger partial charge in [-0.1, -0.05) is 6.07 Å². The average molecular weight is 483 g/mol. The molecule has 9 heteroatoms. The van der Waals surface area contributed by atoms with Crippen molar-refractivity contribution < 1.29 is 27.4 Å². The first-order valence-corrected chi connectivity index (χ1v) is 12.1. The summed E-state index contributed by atoms with van der Waals surface area (Å²) < 4.78 is 43.8. The van der Waals surface area contributed by atoms with E-state index in [1.807, 2.05) is 6.07 Å². The van der Waals surface area contributed by atoms with Crippen molar-refractivity contribution >= 4 is 27.3 Å². The highest BCUT2D eigenvalue weighted by Gasteiger charge is 2.29. The van der Waals surface area contributed by atoms with E-state index in [0.717, 1.165) is 12.0 Å². The minimum Gasteiger partial charge on any atom is -0.497 e. The molecular formula is C25H26N2O6S. The smallest absolute Gasteiger partial charge is 0.264 e.